The van der Waals surface area contributed by atoms with Crippen molar-refractivity contribution in [1.82, 2.24) is 10.3 Å². The van der Waals surface area contributed by atoms with E-state index >= 15 is 0 Å². The predicted octanol–water partition coefficient (Wildman–Crippen LogP) is -0.149. The molecule has 0 unspecified atom stereocenters. The van der Waals surface area contributed by atoms with Gasteiger partial charge in [-0.3, -0.25) is 9.59 Å². The Labute approximate surface area is 113 Å². The fourth-order valence-corrected chi connectivity index (χ4v) is 2.09. The average Bonchev–Trinajstić information content (AvgIpc) is 2.67. The van der Waals surface area contributed by atoms with Gasteiger partial charge < -0.3 is 27.1 Å². The number of rotatable bonds is 4. The fourth-order valence-electron chi connectivity index (χ4n) is 1.38. The van der Waals surface area contributed by atoms with Crippen molar-refractivity contribution in [1.29, 1.82) is 0 Å². The maximum Gasteiger partial charge on any atom is 0.253 e. The summed E-state index contributed by atoms with van der Waals surface area (Å²) < 4.78 is 0. The van der Waals surface area contributed by atoms with Crippen molar-refractivity contribution < 1.29 is 9.59 Å². The summed E-state index contributed by atoms with van der Waals surface area (Å²) in [6.45, 7) is 0. The van der Waals surface area contributed by atoms with E-state index in [-0.39, 0.29) is 22.1 Å². The lowest BCUT2D eigenvalue weighted by atomic mass is 10.1. The number of primary amides is 2. The Kier molecular flexibility index (Phi) is 4.56. The Bertz CT molecular complexity index is 511. The first-order valence-corrected chi connectivity index (χ1v) is 6.44. The van der Waals surface area contributed by atoms with Crippen LogP contribution in [0.2, 0.25) is 0 Å². The molecule has 0 radical (unpaired) electrons. The van der Waals surface area contributed by atoms with E-state index in [0.29, 0.717) is 5.03 Å². The number of anilines is 1. The molecular formula is C9H13N5O2S2. The van der Waals surface area contributed by atoms with Crippen LogP contribution in [0.4, 0.5) is 5.82 Å². The third-order valence-corrected chi connectivity index (χ3v) is 3.15. The molecule has 1 rings (SSSR count). The highest BCUT2D eigenvalue weighted by Gasteiger charge is 2.25. The smallest absolute Gasteiger partial charge is 0.253 e. The standard InChI is InChI=1S/C9H13N5O2S2/c1-12-9(17)14-7-3(5(10)15)4(6(11)16)8(13-7)18-2/h13H,1-2H3,(H2,10,15)(H2,11,16)(H2,12,14,17). The van der Waals surface area contributed by atoms with Crippen LogP contribution in [-0.2, 0) is 0 Å². The minimum atomic E-state index is -0.762. The van der Waals surface area contributed by atoms with Crippen LogP contribution in [-0.4, -0.2) is 35.2 Å². The Morgan fingerprint density at radius 2 is 1.83 bits per heavy atom. The van der Waals surface area contributed by atoms with Gasteiger partial charge in [-0.25, -0.2) is 0 Å². The third-order valence-electron chi connectivity index (χ3n) is 2.13. The zero-order valence-corrected chi connectivity index (χ0v) is 11.4. The first-order chi connectivity index (χ1) is 8.42. The second-order valence-corrected chi connectivity index (χ2v) is 4.44. The first kappa shape index (κ1) is 14.3. The number of nitrogens with one attached hydrogen (secondary N) is 3. The second-order valence-electron chi connectivity index (χ2n) is 3.22. The van der Waals surface area contributed by atoms with Crippen molar-refractivity contribution in [2.24, 2.45) is 11.5 Å². The maximum absolute atomic E-state index is 11.4. The largest absolute Gasteiger partial charge is 0.365 e. The molecule has 18 heavy (non-hydrogen) atoms. The lowest BCUT2D eigenvalue weighted by Crippen LogP contribution is -2.26. The summed E-state index contributed by atoms with van der Waals surface area (Å²) in [5.41, 5.74) is 10.6. The summed E-state index contributed by atoms with van der Waals surface area (Å²) >= 11 is 6.16. The highest BCUT2D eigenvalue weighted by molar-refractivity contribution is 7.98. The Morgan fingerprint density at radius 3 is 2.22 bits per heavy atom. The van der Waals surface area contributed by atoms with Crippen LogP contribution in [0.15, 0.2) is 5.03 Å². The van der Waals surface area contributed by atoms with Crippen molar-refractivity contribution in [3.63, 3.8) is 0 Å². The van der Waals surface area contributed by atoms with Crippen LogP contribution in [0.5, 0.6) is 0 Å². The van der Waals surface area contributed by atoms with Crippen LogP contribution in [0, 0.1) is 0 Å². The highest BCUT2D eigenvalue weighted by atomic mass is 32.2. The maximum atomic E-state index is 11.4. The first-order valence-electron chi connectivity index (χ1n) is 4.80. The van der Waals surface area contributed by atoms with Crippen LogP contribution in [0.1, 0.15) is 20.7 Å². The van der Waals surface area contributed by atoms with E-state index in [1.165, 1.54) is 11.8 Å². The van der Waals surface area contributed by atoms with Gasteiger partial charge >= 0.3 is 0 Å². The SMILES string of the molecule is CNC(=S)Nc1[nH]c(SC)c(C(N)=O)c1C(N)=O. The molecule has 0 aliphatic rings. The number of aromatic nitrogens is 1. The van der Waals surface area contributed by atoms with Gasteiger partial charge in [0.25, 0.3) is 11.8 Å². The van der Waals surface area contributed by atoms with E-state index < -0.39 is 11.8 Å². The van der Waals surface area contributed by atoms with Crippen molar-refractivity contribution >= 4 is 46.7 Å². The summed E-state index contributed by atoms with van der Waals surface area (Å²) in [6.07, 6.45) is 1.74. The minimum Gasteiger partial charge on any atom is -0.365 e. The van der Waals surface area contributed by atoms with Gasteiger partial charge in [-0.05, 0) is 18.5 Å². The molecule has 0 aromatic carbocycles. The molecule has 0 atom stereocenters. The quantitative estimate of drug-likeness (QED) is 0.387. The zero-order valence-electron chi connectivity index (χ0n) is 9.79. The van der Waals surface area contributed by atoms with Crippen molar-refractivity contribution in [2.75, 3.05) is 18.6 Å². The number of hydrogen-bond acceptors (Lipinski definition) is 4. The number of aromatic amines is 1. The van der Waals surface area contributed by atoms with Gasteiger partial charge in [0.05, 0.1) is 16.2 Å². The molecule has 7 nitrogen and oxygen atoms in total. The molecule has 0 saturated carbocycles. The summed E-state index contributed by atoms with van der Waals surface area (Å²) in [5, 5.41) is 6.15. The van der Waals surface area contributed by atoms with Crippen molar-refractivity contribution in [3.8, 4) is 0 Å². The zero-order chi connectivity index (χ0) is 13.9. The molecule has 0 fully saturated rings. The van der Waals surface area contributed by atoms with E-state index in [0.717, 1.165) is 0 Å². The Hall–Kier alpha value is -1.74. The number of carbonyl (C=O) groups excluding carboxylic acids is 2. The van der Waals surface area contributed by atoms with Gasteiger partial charge in [0.1, 0.15) is 5.82 Å². The molecule has 7 N–H and O–H groups in total. The molecule has 0 saturated heterocycles. The molecular weight excluding hydrogens is 274 g/mol. The predicted molar refractivity (Wildman–Crippen MR) is 74.9 cm³/mol. The number of hydrogen-bond donors (Lipinski definition) is 5. The molecule has 0 aliphatic heterocycles. The monoisotopic (exact) mass is 287 g/mol. The molecule has 1 aromatic heterocycles. The molecule has 2 amide bonds. The number of H-pyrrole nitrogens is 1. The second kappa shape index (κ2) is 5.74. The van der Waals surface area contributed by atoms with Gasteiger partial charge in [0.15, 0.2) is 5.11 Å². The van der Waals surface area contributed by atoms with E-state index in [2.05, 4.69) is 15.6 Å². The summed E-state index contributed by atoms with van der Waals surface area (Å²) in [6, 6.07) is 0. The van der Waals surface area contributed by atoms with E-state index in [1.54, 1.807) is 13.3 Å². The summed E-state index contributed by atoms with van der Waals surface area (Å²) in [5.74, 6) is -1.24. The van der Waals surface area contributed by atoms with Crippen LogP contribution in [0.3, 0.4) is 0 Å². The summed E-state index contributed by atoms with van der Waals surface area (Å²) in [4.78, 5) is 25.7. The van der Waals surface area contributed by atoms with E-state index in [9.17, 15) is 9.59 Å². The molecule has 9 heteroatoms. The fraction of sp³-hybridized carbons (Fsp3) is 0.222. The van der Waals surface area contributed by atoms with Crippen molar-refractivity contribution in [3.05, 3.63) is 11.1 Å². The lowest BCUT2D eigenvalue weighted by Gasteiger charge is -2.06. The van der Waals surface area contributed by atoms with Gasteiger partial charge in [-0.1, -0.05) is 0 Å². The average molecular weight is 287 g/mol. The third kappa shape index (κ3) is 2.74. The van der Waals surface area contributed by atoms with Crippen LogP contribution < -0.4 is 22.1 Å². The molecule has 1 heterocycles. The normalized spacial score (nSPS) is 9.89. The van der Waals surface area contributed by atoms with Crippen LogP contribution >= 0.6 is 24.0 Å². The molecule has 0 aliphatic carbocycles. The number of carbonyl (C=O) groups is 2. The minimum absolute atomic E-state index is 0.00412. The van der Waals surface area contributed by atoms with Gasteiger partial charge in [-0.15, -0.1) is 11.8 Å². The molecule has 0 spiro atoms. The van der Waals surface area contributed by atoms with Crippen molar-refractivity contribution in [2.45, 2.75) is 5.03 Å². The number of amides is 2. The number of thioether (sulfide) groups is 1. The van der Waals surface area contributed by atoms with E-state index in [1.807, 2.05) is 0 Å². The molecule has 1 aromatic rings. The van der Waals surface area contributed by atoms with Gasteiger partial charge in [-0.2, -0.15) is 0 Å². The van der Waals surface area contributed by atoms with Crippen LogP contribution in [0.25, 0.3) is 0 Å². The van der Waals surface area contributed by atoms with E-state index in [4.69, 9.17) is 23.7 Å². The molecule has 98 valence electrons. The number of nitrogens with two attached hydrogens (primary N) is 2. The molecule has 0 bridgehead atoms. The lowest BCUT2D eigenvalue weighted by molar-refractivity contribution is 0.0967. The summed E-state index contributed by atoms with van der Waals surface area (Å²) in [7, 11) is 1.62. The highest BCUT2D eigenvalue weighted by Crippen LogP contribution is 2.28. The van der Waals surface area contributed by atoms with Gasteiger partial charge in [0.2, 0.25) is 0 Å². The topological polar surface area (TPSA) is 126 Å². The number of thiocarbonyl (C=S) groups is 1. The van der Waals surface area contributed by atoms with Gasteiger partial charge in [0, 0.05) is 7.05 Å². The Balaban J connectivity index is 3.38. The Morgan fingerprint density at radius 1 is 1.28 bits per heavy atom.